The molecule has 0 heterocycles. The van der Waals surface area contributed by atoms with Crippen LogP contribution in [-0.2, 0) is 17.9 Å². The van der Waals surface area contributed by atoms with Gasteiger partial charge in [0.1, 0.15) is 18.2 Å². The van der Waals surface area contributed by atoms with Crippen molar-refractivity contribution in [3.63, 3.8) is 0 Å². The fourth-order valence-electron chi connectivity index (χ4n) is 2.04. The van der Waals surface area contributed by atoms with Crippen molar-refractivity contribution in [3.05, 3.63) is 63.4 Å². The Morgan fingerprint density at radius 1 is 1.17 bits per heavy atom. The summed E-state index contributed by atoms with van der Waals surface area (Å²) in [5.74, 6) is 0.255. The molecule has 2 rings (SSSR count). The Morgan fingerprint density at radius 2 is 2.00 bits per heavy atom. The van der Waals surface area contributed by atoms with Crippen LogP contribution < -0.4 is 10.1 Å². The van der Waals surface area contributed by atoms with Gasteiger partial charge >= 0.3 is 0 Å². The van der Waals surface area contributed by atoms with Crippen LogP contribution in [-0.4, -0.2) is 20.3 Å². The second-order valence-corrected chi connectivity index (χ2v) is 5.75. The van der Waals surface area contributed by atoms with E-state index in [0.29, 0.717) is 41.1 Å². The van der Waals surface area contributed by atoms with Crippen LogP contribution in [0.3, 0.4) is 0 Å². The third kappa shape index (κ3) is 5.36. The molecule has 23 heavy (non-hydrogen) atoms. The van der Waals surface area contributed by atoms with Gasteiger partial charge in [0.2, 0.25) is 0 Å². The fourth-order valence-corrected chi connectivity index (χ4v) is 2.46. The molecule has 0 aliphatic carbocycles. The maximum Gasteiger partial charge on any atom is 0.131 e. The highest BCUT2D eigenvalue weighted by Gasteiger charge is 2.10. The molecule has 1 N–H and O–H groups in total. The molecule has 0 unspecified atom stereocenters. The minimum Gasteiger partial charge on any atom is -0.488 e. The van der Waals surface area contributed by atoms with Gasteiger partial charge in [0, 0.05) is 36.3 Å². The lowest BCUT2D eigenvalue weighted by atomic mass is 10.2. The highest BCUT2D eigenvalue weighted by atomic mass is 35.5. The molecule has 124 valence electrons. The van der Waals surface area contributed by atoms with Gasteiger partial charge in [-0.25, -0.2) is 4.39 Å². The second-order valence-electron chi connectivity index (χ2n) is 4.91. The van der Waals surface area contributed by atoms with Crippen LogP contribution >= 0.6 is 23.2 Å². The molecule has 0 fully saturated rings. The van der Waals surface area contributed by atoms with Gasteiger partial charge in [-0.15, -0.1) is 0 Å². The van der Waals surface area contributed by atoms with Crippen LogP contribution in [0.2, 0.25) is 10.0 Å². The molecule has 6 heteroatoms. The van der Waals surface area contributed by atoms with E-state index < -0.39 is 0 Å². The van der Waals surface area contributed by atoms with Gasteiger partial charge in [-0.2, -0.15) is 0 Å². The summed E-state index contributed by atoms with van der Waals surface area (Å²) in [6.07, 6.45) is 0. The molecule has 0 spiro atoms. The highest BCUT2D eigenvalue weighted by Crippen LogP contribution is 2.26. The average Bonchev–Trinajstić information content (AvgIpc) is 2.52. The Morgan fingerprint density at radius 3 is 2.74 bits per heavy atom. The molecule has 0 saturated heterocycles. The molecule has 3 nitrogen and oxygen atoms in total. The van der Waals surface area contributed by atoms with E-state index in [0.717, 1.165) is 5.56 Å². The monoisotopic (exact) mass is 357 g/mol. The second kappa shape index (κ2) is 9.08. The molecule has 0 amide bonds. The van der Waals surface area contributed by atoms with Gasteiger partial charge in [0.25, 0.3) is 0 Å². The van der Waals surface area contributed by atoms with Crippen LogP contribution in [0.25, 0.3) is 0 Å². The van der Waals surface area contributed by atoms with Gasteiger partial charge in [-0.1, -0.05) is 29.3 Å². The zero-order valence-electron chi connectivity index (χ0n) is 12.7. The van der Waals surface area contributed by atoms with E-state index in [4.69, 9.17) is 32.7 Å². The number of hydrogen-bond donors (Lipinski definition) is 1. The van der Waals surface area contributed by atoms with Crippen molar-refractivity contribution in [3.8, 4) is 5.75 Å². The van der Waals surface area contributed by atoms with Crippen molar-refractivity contribution in [1.29, 1.82) is 0 Å². The summed E-state index contributed by atoms with van der Waals surface area (Å²) in [4.78, 5) is 0. The Balaban J connectivity index is 2.07. The molecule has 2 aromatic carbocycles. The minimum absolute atomic E-state index is 0.0538. The van der Waals surface area contributed by atoms with Gasteiger partial charge in [-0.05, 0) is 30.3 Å². The van der Waals surface area contributed by atoms with E-state index in [-0.39, 0.29) is 12.4 Å². The Hall–Kier alpha value is -1.33. The standard InChI is InChI=1S/C17H18Cl2FNO2/c1-22-8-7-21-10-12-9-13(18)5-6-17(12)23-11-14-15(19)3-2-4-16(14)20/h2-6,9,21H,7-8,10-11H2,1H3. The van der Waals surface area contributed by atoms with E-state index in [1.54, 1.807) is 31.4 Å². The van der Waals surface area contributed by atoms with E-state index in [9.17, 15) is 4.39 Å². The maximum absolute atomic E-state index is 13.8. The lowest BCUT2D eigenvalue weighted by Gasteiger charge is -2.14. The molecular weight excluding hydrogens is 340 g/mol. The largest absolute Gasteiger partial charge is 0.488 e. The molecule has 0 aliphatic rings. The molecule has 0 aliphatic heterocycles. The number of nitrogens with one attached hydrogen (secondary N) is 1. The average molecular weight is 358 g/mol. The Kier molecular flexibility index (Phi) is 7.12. The normalized spacial score (nSPS) is 10.8. The van der Waals surface area contributed by atoms with E-state index in [2.05, 4.69) is 5.32 Å². The van der Waals surface area contributed by atoms with Crippen molar-refractivity contribution in [1.82, 2.24) is 5.32 Å². The van der Waals surface area contributed by atoms with Crippen molar-refractivity contribution < 1.29 is 13.9 Å². The fraction of sp³-hybridized carbons (Fsp3) is 0.294. The molecule has 0 aromatic heterocycles. The lowest BCUT2D eigenvalue weighted by molar-refractivity contribution is 0.199. The van der Waals surface area contributed by atoms with E-state index in [1.165, 1.54) is 6.07 Å². The van der Waals surface area contributed by atoms with E-state index >= 15 is 0 Å². The molecule has 0 saturated carbocycles. The first kappa shape index (κ1) is 18.0. The van der Waals surface area contributed by atoms with Crippen molar-refractivity contribution in [2.45, 2.75) is 13.2 Å². The maximum atomic E-state index is 13.8. The van der Waals surface area contributed by atoms with Crippen LogP contribution in [0.1, 0.15) is 11.1 Å². The smallest absolute Gasteiger partial charge is 0.131 e. The summed E-state index contributed by atoms with van der Waals surface area (Å²) in [6.45, 7) is 1.95. The lowest BCUT2D eigenvalue weighted by Crippen LogP contribution is -2.19. The van der Waals surface area contributed by atoms with Crippen molar-refractivity contribution >= 4 is 23.2 Å². The number of rotatable bonds is 8. The number of hydrogen-bond acceptors (Lipinski definition) is 3. The molecule has 0 radical (unpaired) electrons. The third-order valence-corrected chi connectivity index (χ3v) is 3.84. The third-order valence-electron chi connectivity index (χ3n) is 3.25. The number of benzene rings is 2. The first-order valence-corrected chi connectivity index (χ1v) is 7.91. The van der Waals surface area contributed by atoms with Crippen LogP contribution in [0.4, 0.5) is 4.39 Å². The predicted molar refractivity (Wildman–Crippen MR) is 90.8 cm³/mol. The summed E-state index contributed by atoms with van der Waals surface area (Å²) >= 11 is 12.0. The van der Waals surface area contributed by atoms with Gasteiger partial charge in [0.05, 0.1) is 11.6 Å². The summed E-state index contributed by atoms with van der Waals surface area (Å²) in [5.41, 5.74) is 1.23. The zero-order valence-corrected chi connectivity index (χ0v) is 14.3. The predicted octanol–water partition coefficient (Wildman–Crippen LogP) is 4.45. The summed E-state index contributed by atoms with van der Waals surface area (Å²) in [6, 6.07) is 9.88. The Labute approximate surface area is 145 Å². The molecule has 0 bridgehead atoms. The number of methoxy groups -OCH3 is 1. The Bertz CT molecular complexity index is 632. The van der Waals surface area contributed by atoms with Crippen molar-refractivity contribution in [2.75, 3.05) is 20.3 Å². The first-order chi connectivity index (χ1) is 11.1. The molecule has 2 aromatic rings. The highest BCUT2D eigenvalue weighted by molar-refractivity contribution is 6.31. The van der Waals surface area contributed by atoms with Crippen molar-refractivity contribution in [2.24, 2.45) is 0 Å². The number of halogens is 3. The zero-order chi connectivity index (χ0) is 16.7. The first-order valence-electron chi connectivity index (χ1n) is 7.15. The van der Waals surface area contributed by atoms with Crippen LogP contribution in [0.15, 0.2) is 36.4 Å². The van der Waals surface area contributed by atoms with Crippen LogP contribution in [0.5, 0.6) is 5.75 Å². The van der Waals surface area contributed by atoms with Gasteiger partial charge in [0.15, 0.2) is 0 Å². The van der Waals surface area contributed by atoms with Crippen LogP contribution in [0, 0.1) is 5.82 Å². The summed E-state index contributed by atoms with van der Waals surface area (Å²) < 4.78 is 24.5. The summed E-state index contributed by atoms with van der Waals surface area (Å²) in [5, 5.41) is 4.19. The number of ether oxygens (including phenoxy) is 2. The van der Waals surface area contributed by atoms with Gasteiger partial charge in [-0.3, -0.25) is 0 Å². The van der Waals surface area contributed by atoms with E-state index in [1.807, 2.05) is 6.07 Å². The quantitative estimate of drug-likeness (QED) is 0.708. The molecule has 0 atom stereocenters. The molecular formula is C17H18Cl2FNO2. The minimum atomic E-state index is -0.383. The topological polar surface area (TPSA) is 30.5 Å². The SMILES string of the molecule is COCCNCc1cc(Cl)ccc1OCc1c(F)cccc1Cl. The van der Waals surface area contributed by atoms with Gasteiger partial charge < -0.3 is 14.8 Å². The summed E-state index contributed by atoms with van der Waals surface area (Å²) in [7, 11) is 1.65.